The number of aliphatic hydroxyl groups is 1. The number of methoxy groups -OCH3 is 1. The van der Waals surface area contributed by atoms with Gasteiger partial charge >= 0.3 is 12.0 Å². The van der Waals surface area contributed by atoms with Crippen LogP contribution in [-0.4, -0.2) is 41.5 Å². The van der Waals surface area contributed by atoms with Crippen molar-refractivity contribution in [3.05, 3.63) is 24.0 Å². The van der Waals surface area contributed by atoms with Crippen molar-refractivity contribution in [1.29, 1.82) is 0 Å². The first kappa shape index (κ1) is 15.7. The van der Waals surface area contributed by atoms with Crippen LogP contribution in [0.5, 0.6) is 5.75 Å². The number of nitrogens with one attached hydrogen (secondary N) is 2. The highest BCUT2D eigenvalue weighted by Crippen LogP contribution is 2.20. The van der Waals surface area contributed by atoms with E-state index < -0.39 is 30.0 Å². The predicted octanol–water partition coefficient (Wildman–Crippen LogP) is 0.791. The van der Waals surface area contributed by atoms with Gasteiger partial charge in [0.25, 0.3) is 0 Å². The summed E-state index contributed by atoms with van der Waals surface area (Å²) in [6.07, 6.45) is 0. The quantitative estimate of drug-likeness (QED) is 0.640. The molecule has 0 aliphatic carbocycles. The van der Waals surface area contributed by atoms with Crippen molar-refractivity contribution in [2.45, 2.75) is 12.5 Å². The summed E-state index contributed by atoms with van der Waals surface area (Å²) in [6.45, 7) is 0.551. The number of ether oxygens (including phenoxy) is 1. The fourth-order valence-electron chi connectivity index (χ4n) is 1.25. The Kier molecular flexibility index (Phi) is 4.87. The zero-order valence-electron chi connectivity index (χ0n) is 10.9. The van der Waals surface area contributed by atoms with Crippen LogP contribution in [0.4, 0.5) is 14.9 Å². The summed E-state index contributed by atoms with van der Waals surface area (Å²) in [7, 11) is 1.31. The van der Waals surface area contributed by atoms with Gasteiger partial charge in [-0.1, -0.05) is 0 Å². The molecular weight excluding hydrogens is 271 g/mol. The van der Waals surface area contributed by atoms with Gasteiger partial charge in [0.1, 0.15) is 0 Å². The molecule has 7 nitrogen and oxygen atoms in total. The molecule has 0 aromatic heterocycles. The summed E-state index contributed by atoms with van der Waals surface area (Å²) in [6, 6.07) is 3.03. The molecule has 0 fully saturated rings. The lowest BCUT2D eigenvalue weighted by Crippen LogP contribution is -2.47. The lowest BCUT2D eigenvalue weighted by molar-refractivity contribution is -0.155. The highest BCUT2D eigenvalue weighted by atomic mass is 19.1. The minimum Gasteiger partial charge on any atom is -0.494 e. The topological polar surface area (TPSA) is 108 Å². The molecule has 8 heteroatoms. The lowest BCUT2D eigenvalue weighted by atomic mass is 10.1. The van der Waals surface area contributed by atoms with Gasteiger partial charge in [-0.05, 0) is 19.1 Å². The van der Waals surface area contributed by atoms with E-state index in [2.05, 4.69) is 10.6 Å². The third kappa shape index (κ3) is 4.09. The van der Waals surface area contributed by atoms with E-state index in [-0.39, 0.29) is 11.4 Å². The number of aliphatic carboxylic acids is 1. The fraction of sp³-hybridized carbons (Fsp3) is 0.333. The molecule has 1 aromatic rings. The van der Waals surface area contributed by atoms with Crippen LogP contribution in [0, 0.1) is 5.82 Å². The maximum absolute atomic E-state index is 13.4. The van der Waals surface area contributed by atoms with Crippen molar-refractivity contribution in [3.63, 3.8) is 0 Å². The first-order chi connectivity index (χ1) is 9.26. The molecule has 1 unspecified atom stereocenters. The van der Waals surface area contributed by atoms with Crippen LogP contribution in [0.3, 0.4) is 0 Å². The molecular formula is C12H15FN2O5. The average Bonchev–Trinajstić information content (AvgIpc) is 2.36. The van der Waals surface area contributed by atoms with Crippen molar-refractivity contribution >= 4 is 17.7 Å². The number of carboxylic acids is 1. The Morgan fingerprint density at radius 1 is 1.45 bits per heavy atom. The van der Waals surface area contributed by atoms with Crippen LogP contribution in [0.2, 0.25) is 0 Å². The minimum absolute atomic E-state index is 0.0322. The molecule has 0 saturated heterocycles. The first-order valence-corrected chi connectivity index (χ1v) is 5.60. The summed E-state index contributed by atoms with van der Waals surface area (Å²) in [5, 5.41) is 22.5. The summed E-state index contributed by atoms with van der Waals surface area (Å²) < 4.78 is 18.1. The SMILES string of the molecule is COc1ccc(NC(=O)NCC(C)(O)C(=O)O)cc1F. The van der Waals surface area contributed by atoms with Gasteiger partial charge in [0.15, 0.2) is 17.2 Å². The van der Waals surface area contributed by atoms with E-state index in [0.29, 0.717) is 0 Å². The van der Waals surface area contributed by atoms with Gasteiger partial charge in [-0.3, -0.25) is 0 Å². The summed E-state index contributed by atoms with van der Waals surface area (Å²) >= 11 is 0. The highest BCUT2D eigenvalue weighted by molar-refractivity contribution is 5.90. The Balaban J connectivity index is 2.59. The van der Waals surface area contributed by atoms with Crippen molar-refractivity contribution in [2.75, 3.05) is 19.0 Å². The zero-order chi connectivity index (χ0) is 15.3. The number of hydrogen-bond donors (Lipinski definition) is 4. The maximum Gasteiger partial charge on any atom is 0.337 e. The van der Waals surface area contributed by atoms with Gasteiger partial charge in [0, 0.05) is 11.8 Å². The molecule has 4 N–H and O–H groups in total. The Morgan fingerprint density at radius 2 is 2.10 bits per heavy atom. The second-order valence-electron chi connectivity index (χ2n) is 4.24. The standard InChI is InChI=1S/C12H15FN2O5/c1-12(19,10(16)17)6-14-11(18)15-7-3-4-9(20-2)8(13)5-7/h3-5,19H,6H2,1-2H3,(H,16,17)(H2,14,15,18). The van der Waals surface area contributed by atoms with Gasteiger partial charge in [-0.2, -0.15) is 0 Å². The van der Waals surface area contributed by atoms with Gasteiger partial charge in [0.2, 0.25) is 0 Å². The molecule has 20 heavy (non-hydrogen) atoms. The van der Waals surface area contributed by atoms with E-state index in [1.54, 1.807) is 0 Å². The van der Waals surface area contributed by atoms with Crippen molar-refractivity contribution < 1.29 is 28.9 Å². The van der Waals surface area contributed by atoms with Crippen LogP contribution in [-0.2, 0) is 4.79 Å². The Morgan fingerprint density at radius 3 is 2.60 bits per heavy atom. The molecule has 0 aliphatic rings. The number of urea groups is 1. The molecule has 0 aliphatic heterocycles. The number of amides is 2. The summed E-state index contributed by atoms with van der Waals surface area (Å²) in [5.74, 6) is -2.08. The fourth-order valence-corrected chi connectivity index (χ4v) is 1.25. The number of hydrogen-bond acceptors (Lipinski definition) is 4. The van der Waals surface area contributed by atoms with Gasteiger partial charge in [-0.15, -0.1) is 0 Å². The third-order valence-corrected chi connectivity index (χ3v) is 2.46. The number of anilines is 1. The van der Waals surface area contributed by atoms with Crippen LogP contribution in [0.25, 0.3) is 0 Å². The van der Waals surface area contributed by atoms with Crippen LogP contribution < -0.4 is 15.4 Å². The van der Waals surface area contributed by atoms with E-state index in [9.17, 15) is 19.1 Å². The summed E-state index contributed by atoms with van der Waals surface area (Å²) in [5.41, 5.74) is -1.92. The predicted molar refractivity (Wildman–Crippen MR) is 68.2 cm³/mol. The monoisotopic (exact) mass is 286 g/mol. The third-order valence-electron chi connectivity index (χ3n) is 2.46. The van der Waals surface area contributed by atoms with Gasteiger partial charge in [0.05, 0.1) is 13.7 Å². The average molecular weight is 286 g/mol. The van der Waals surface area contributed by atoms with E-state index in [1.165, 1.54) is 19.2 Å². The molecule has 110 valence electrons. The number of rotatable bonds is 5. The number of carbonyl (C=O) groups excluding carboxylic acids is 1. The number of halogens is 1. The van der Waals surface area contributed by atoms with Crippen LogP contribution in [0.15, 0.2) is 18.2 Å². The van der Waals surface area contributed by atoms with Gasteiger partial charge < -0.3 is 25.6 Å². The largest absolute Gasteiger partial charge is 0.494 e. The van der Waals surface area contributed by atoms with E-state index in [1.807, 2.05) is 0 Å². The molecule has 0 radical (unpaired) electrons. The Labute approximate surface area is 114 Å². The maximum atomic E-state index is 13.4. The van der Waals surface area contributed by atoms with Crippen molar-refractivity contribution in [1.82, 2.24) is 5.32 Å². The van der Waals surface area contributed by atoms with Crippen LogP contribution >= 0.6 is 0 Å². The van der Waals surface area contributed by atoms with E-state index in [0.717, 1.165) is 13.0 Å². The molecule has 1 atom stereocenters. The molecule has 1 aromatic carbocycles. The second-order valence-corrected chi connectivity index (χ2v) is 4.24. The zero-order valence-corrected chi connectivity index (χ0v) is 10.9. The summed E-state index contributed by atoms with van der Waals surface area (Å²) in [4.78, 5) is 22.1. The number of benzene rings is 1. The number of carboxylic acid groups (broad SMARTS) is 1. The van der Waals surface area contributed by atoms with Crippen LogP contribution in [0.1, 0.15) is 6.92 Å². The molecule has 0 saturated carbocycles. The molecule has 1 rings (SSSR count). The van der Waals surface area contributed by atoms with Gasteiger partial charge in [-0.25, -0.2) is 14.0 Å². The van der Waals surface area contributed by atoms with E-state index >= 15 is 0 Å². The lowest BCUT2D eigenvalue weighted by Gasteiger charge is -2.18. The molecule has 0 spiro atoms. The molecule has 0 bridgehead atoms. The minimum atomic E-state index is -2.08. The Hall–Kier alpha value is -2.35. The van der Waals surface area contributed by atoms with Crippen molar-refractivity contribution in [3.8, 4) is 5.75 Å². The second kappa shape index (κ2) is 6.20. The first-order valence-electron chi connectivity index (χ1n) is 5.60. The Bertz CT molecular complexity index is 519. The smallest absolute Gasteiger partial charge is 0.337 e. The molecule has 0 heterocycles. The number of carbonyl (C=O) groups is 2. The highest BCUT2D eigenvalue weighted by Gasteiger charge is 2.30. The van der Waals surface area contributed by atoms with Crippen molar-refractivity contribution in [2.24, 2.45) is 0 Å². The van der Waals surface area contributed by atoms with E-state index in [4.69, 9.17) is 9.84 Å². The molecule has 2 amide bonds. The normalized spacial score (nSPS) is 13.2.